The van der Waals surface area contributed by atoms with Crippen molar-refractivity contribution < 1.29 is 9.15 Å². The molecule has 2 aromatic carbocycles. The normalized spacial score (nSPS) is 10.9. The molecule has 0 saturated carbocycles. The molecule has 0 spiro atoms. The van der Waals surface area contributed by atoms with Gasteiger partial charge in [0, 0.05) is 11.0 Å². The SMILES string of the molecule is O=c1oc(=O)n(CCCCOc2ccccc2)c2ccc(Br)cc12. The Bertz CT molecular complexity index is 947. The Kier molecular flexibility index (Phi) is 5.15. The number of unbranched alkanes of at least 4 members (excludes halogenated alkanes) is 1. The summed E-state index contributed by atoms with van der Waals surface area (Å²) in [6.45, 7) is 1.04. The predicted molar refractivity (Wildman–Crippen MR) is 95.6 cm³/mol. The Morgan fingerprint density at radius 1 is 1.04 bits per heavy atom. The number of ether oxygens (including phenoxy) is 1. The number of hydrogen-bond donors (Lipinski definition) is 0. The van der Waals surface area contributed by atoms with Crippen LogP contribution in [0.5, 0.6) is 5.75 Å². The van der Waals surface area contributed by atoms with E-state index in [4.69, 9.17) is 9.15 Å². The Morgan fingerprint density at radius 2 is 1.83 bits per heavy atom. The second-order valence-electron chi connectivity index (χ2n) is 5.34. The summed E-state index contributed by atoms with van der Waals surface area (Å²) in [6, 6.07) is 14.8. The molecule has 0 aliphatic heterocycles. The van der Waals surface area contributed by atoms with Crippen LogP contribution in [-0.2, 0) is 6.54 Å². The Morgan fingerprint density at radius 3 is 2.62 bits per heavy atom. The second kappa shape index (κ2) is 7.49. The maximum absolute atomic E-state index is 12.0. The fourth-order valence-electron chi connectivity index (χ4n) is 2.49. The summed E-state index contributed by atoms with van der Waals surface area (Å²) < 4.78 is 12.7. The van der Waals surface area contributed by atoms with E-state index in [0.29, 0.717) is 24.1 Å². The van der Waals surface area contributed by atoms with E-state index in [0.717, 1.165) is 23.1 Å². The maximum atomic E-state index is 12.0. The number of nitrogens with zero attached hydrogens (tertiary/aromatic N) is 1. The smallest absolute Gasteiger partial charge is 0.422 e. The number of hydrogen-bond acceptors (Lipinski definition) is 4. The average molecular weight is 390 g/mol. The molecule has 0 bridgehead atoms. The van der Waals surface area contributed by atoms with Crippen LogP contribution in [0.1, 0.15) is 12.8 Å². The number of aromatic nitrogens is 1. The van der Waals surface area contributed by atoms with Crippen LogP contribution in [-0.4, -0.2) is 11.2 Å². The van der Waals surface area contributed by atoms with Crippen molar-refractivity contribution >= 4 is 26.8 Å². The van der Waals surface area contributed by atoms with E-state index in [2.05, 4.69) is 15.9 Å². The Balaban J connectivity index is 1.67. The van der Waals surface area contributed by atoms with Gasteiger partial charge in [-0.15, -0.1) is 0 Å². The molecular weight excluding hydrogens is 374 g/mol. The lowest BCUT2D eigenvalue weighted by atomic mass is 10.2. The quantitative estimate of drug-likeness (QED) is 0.604. The van der Waals surface area contributed by atoms with Crippen LogP contribution in [0.4, 0.5) is 0 Å². The monoisotopic (exact) mass is 389 g/mol. The molecule has 1 aromatic heterocycles. The van der Waals surface area contributed by atoms with Gasteiger partial charge in [-0.3, -0.25) is 4.57 Å². The highest BCUT2D eigenvalue weighted by Gasteiger charge is 2.09. The third-order valence-corrected chi connectivity index (χ3v) is 4.15. The van der Waals surface area contributed by atoms with Crippen molar-refractivity contribution in [3.8, 4) is 5.75 Å². The van der Waals surface area contributed by atoms with Gasteiger partial charge in [-0.1, -0.05) is 34.1 Å². The van der Waals surface area contributed by atoms with E-state index < -0.39 is 11.4 Å². The first-order valence-corrected chi connectivity index (χ1v) is 8.45. The van der Waals surface area contributed by atoms with E-state index in [1.807, 2.05) is 30.3 Å². The lowest BCUT2D eigenvalue weighted by molar-refractivity contribution is 0.301. The minimum absolute atomic E-state index is 0.393. The van der Waals surface area contributed by atoms with Gasteiger partial charge in [0.25, 0.3) is 0 Å². The molecule has 0 fully saturated rings. The lowest BCUT2D eigenvalue weighted by Gasteiger charge is -2.09. The van der Waals surface area contributed by atoms with Gasteiger partial charge < -0.3 is 9.15 Å². The third-order valence-electron chi connectivity index (χ3n) is 3.66. The Labute approximate surface area is 146 Å². The fraction of sp³-hybridized carbons (Fsp3) is 0.222. The van der Waals surface area contributed by atoms with Crippen molar-refractivity contribution in [2.75, 3.05) is 6.61 Å². The minimum atomic E-state index is -0.626. The molecule has 3 aromatic rings. The molecule has 3 rings (SSSR count). The molecule has 0 radical (unpaired) electrons. The molecule has 5 nitrogen and oxygen atoms in total. The molecular formula is C18H16BrNO4. The van der Waals surface area contributed by atoms with Crippen molar-refractivity contribution in [3.63, 3.8) is 0 Å². The summed E-state index contributed by atoms with van der Waals surface area (Å²) in [5.41, 5.74) is -0.0246. The third kappa shape index (κ3) is 3.76. The number of para-hydroxylation sites is 1. The highest BCUT2D eigenvalue weighted by molar-refractivity contribution is 9.10. The molecule has 0 unspecified atom stereocenters. The van der Waals surface area contributed by atoms with Crippen LogP contribution in [0.3, 0.4) is 0 Å². The first kappa shape index (κ1) is 16.5. The van der Waals surface area contributed by atoms with Gasteiger partial charge in [0.05, 0.1) is 17.5 Å². The zero-order valence-corrected chi connectivity index (χ0v) is 14.5. The number of fused-ring (bicyclic) bond motifs is 1. The van der Waals surface area contributed by atoms with Gasteiger partial charge in [0.15, 0.2) is 0 Å². The van der Waals surface area contributed by atoms with Gasteiger partial charge in [-0.25, -0.2) is 9.59 Å². The van der Waals surface area contributed by atoms with E-state index in [-0.39, 0.29) is 0 Å². The highest BCUT2D eigenvalue weighted by atomic mass is 79.9. The predicted octanol–water partition coefficient (Wildman–Crippen LogP) is 3.58. The average Bonchev–Trinajstić information content (AvgIpc) is 2.58. The van der Waals surface area contributed by atoms with Gasteiger partial charge in [-0.2, -0.15) is 0 Å². The molecule has 0 aliphatic rings. The molecule has 1 heterocycles. The van der Waals surface area contributed by atoms with E-state index >= 15 is 0 Å². The highest BCUT2D eigenvalue weighted by Crippen LogP contribution is 2.16. The summed E-state index contributed by atoms with van der Waals surface area (Å²) in [5.74, 6) is 0.203. The fourth-order valence-corrected chi connectivity index (χ4v) is 2.85. The summed E-state index contributed by atoms with van der Waals surface area (Å²) in [5, 5.41) is 0.393. The van der Waals surface area contributed by atoms with Crippen molar-refractivity contribution in [3.05, 3.63) is 74.0 Å². The first-order valence-electron chi connectivity index (χ1n) is 7.66. The van der Waals surface area contributed by atoms with E-state index in [1.165, 1.54) is 4.57 Å². The van der Waals surface area contributed by atoms with E-state index in [1.54, 1.807) is 18.2 Å². The standard InChI is InChI=1S/C18H16BrNO4/c19-13-8-9-16-15(12-13)17(21)24-18(22)20(16)10-4-5-11-23-14-6-2-1-3-7-14/h1-3,6-9,12H,4-5,10-11H2. The van der Waals surface area contributed by atoms with Crippen LogP contribution >= 0.6 is 15.9 Å². The molecule has 0 atom stereocenters. The van der Waals surface area contributed by atoms with Crippen molar-refractivity contribution in [1.82, 2.24) is 4.57 Å². The lowest BCUT2D eigenvalue weighted by Crippen LogP contribution is -2.25. The Hall–Kier alpha value is -2.34. The number of halogens is 1. The number of rotatable bonds is 6. The molecule has 0 N–H and O–H groups in total. The van der Waals surface area contributed by atoms with Crippen molar-refractivity contribution in [1.29, 1.82) is 0 Å². The molecule has 124 valence electrons. The van der Waals surface area contributed by atoms with Crippen molar-refractivity contribution in [2.24, 2.45) is 0 Å². The summed E-state index contributed by atoms with van der Waals surface area (Å²) in [7, 11) is 0. The topological polar surface area (TPSA) is 61.4 Å². The minimum Gasteiger partial charge on any atom is -0.494 e. The maximum Gasteiger partial charge on any atom is 0.422 e. The molecule has 0 aliphatic carbocycles. The van der Waals surface area contributed by atoms with Crippen LogP contribution in [0.2, 0.25) is 0 Å². The van der Waals surface area contributed by atoms with Crippen LogP contribution in [0.15, 0.2) is 67.0 Å². The van der Waals surface area contributed by atoms with E-state index in [9.17, 15) is 9.59 Å². The summed E-state index contributed by atoms with van der Waals surface area (Å²) in [4.78, 5) is 23.8. The number of benzene rings is 2. The van der Waals surface area contributed by atoms with Crippen LogP contribution in [0, 0.1) is 0 Å². The second-order valence-corrected chi connectivity index (χ2v) is 6.25. The summed E-state index contributed by atoms with van der Waals surface area (Å²) in [6.07, 6.45) is 1.53. The van der Waals surface area contributed by atoms with Crippen molar-refractivity contribution in [2.45, 2.75) is 19.4 Å². The van der Waals surface area contributed by atoms with Crippen LogP contribution < -0.4 is 16.1 Å². The number of aryl methyl sites for hydroxylation is 1. The largest absolute Gasteiger partial charge is 0.494 e. The molecule has 0 amide bonds. The molecule has 6 heteroatoms. The van der Waals surface area contributed by atoms with Gasteiger partial charge >= 0.3 is 11.4 Å². The zero-order chi connectivity index (χ0) is 16.9. The van der Waals surface area contributed by atoms with Gasteiger partial charge in [-0.05, 0) is 43.2 Å². The zero-order valence-electron chi connectivity index (χ0n) is 12.9. The van der Waals surface area contributed by atoms with Gasteiger partial charge in [0.2, 0.25) is 0 Å². The summed E-state index contributed by atoms with van der Waals surface area (Å²) >= 11 is 3.32. The molecule has 24 heavy (non-hydrogen) atoms. The van der Waals surface area contributed by atoms with Gasteiger partial charge in [0.1, 0.15) is 5.75 Å². The first-order chi connectivity index (χ1) is 11.6. The molecule has 0 saturated heterocycles. The van der Waals surface area contributed by atoms with Crippen LogP contribution in [0.25, 0.3) is 10.9 Å².